The highest BCUT2D eigenvalue weighted by Gasteiger charge is 2.27. The smallest absolute Gasteiger partial charge is 0.257 e. The van der Waals surface area contributed by atoms with E-state index in [1.165, 1.54) is 0 Å². The molecule has 0 saturated carbocycles. The summed E-state index contributed by atoms with van der Waals surface area (Å²) < 4.78 is 10.9. The number of halogens is 1. The van der Waals surface area contributed by atoms with Crippen molar-refractivity contribution in [1.82, 2.24) is 10.5 Å². The zero-order valence-electron chi connectivity index (χ0n) is 14.2. The first-order chi connectivity index (χ1) is 12.6. The summed E-state index contributed by atoms with van der Waals surface area (Å²) in [6, 6.07) is 14.9. The van der Waals surface area contributed by atoms with E-state index in [4.69, 9.17) is 20.9 Å². The number of aromatic nitrogens is 1. The number of rotatable bonds is 3. The molecule has 0 saturated heterocycles. The Bertz CT molecular complexity index is 967. The van der Waals surface area contributed by atoms with Gasteiger partial charge in [-0.05, 0) is 19.1 Å². The lowest BCUT2D eigenvalue weighted by Gasteiger charge is -2.26. The lowest BCUT2D eigenvalue weighted by molar-refractivity contribution is 0.0924. The SMILES string of the molecule is Cc1onc(-c2ccccc2Cl)c1C(=O)NC1CCOc2ccccc21. The highest BCUT2D eigenvalue weighted by Crippen LogP contribution is 2.34. The number of carbonyl (C=O) groups excluding carboxylic acids is 1. The van der Waals surface area contributed by atoms with Gasteiger partial charge in [-0.2, -0.15) is 0 Å². The van der Waals surface area contributed by atoms with E-state index in [1.807, 2.05) is 42.5 Å². The van der Waals surface area contributed by atoms with Crippen molar-refractivity contribution >= 4 is 17.5 Å². The molecule has 1 amide bonds. The van der Waals surface area contributed by atoms with Crippen LogP contribution in [0.3, 0.4) is 0 Å². The number of amides is 1. The topological polar surface area (TPSA) is 64.4 Å². The van der Waals surface area contributed by atoms with Crippen LogP contribution in [0.15, 0.2) is 53.1 Å². The summed E-state index contributed by atoms with van der Waals surface area (Å²) in [6.07, 6.45) is 0.703. The van der Waals surface area contributed by atoms with Crippen molar-refractivity contribution < 1.29 is 14.1 Å². The molecule has 1 N–H and O–H groups in total. The van der Waals surface area contributed by atoms with Gasteiger partial charge in [-0.25, -0.2) is 0 Å². The molecule has 0 fully saturated rings. The second-order valence-corrected chi connectivity index (χ2v) is 6.55. The first-order valence-electron chi connectivity index (χ1n) is 8.39. The van der Waals surface area contributed by atoms with E-state index in [0.29, 0.717) is 40.6 Å². The van der Waals surface area contributed by atoms with Crippen LogP contribution in [0, 0.1) is 6.92 Å². The number of hydrogen-bond donors (Lipinski definition) is 1. The number of nitrogens with zero attached hydrogens (tertiary/aromatic N) is 1. The maximum Gasteiger partial charge on any atom is 0.257 e. The van der Waals surface area contributed by atoms with Crippen molar-refractivity contribution in [3.63, 3.8) is 0 Å². The van der Waals surface area contributed by atoms with Gasteiger partial charge in [0.1, 0.15) is 22.8 Å². The van der Waals surface area contributed by atoms with Crippen LogP contribution in [-0.4, -0.2) is 17.7 Å². The van der Waals surface area contributed by atoms with Crippen LogP contribution in [0.2, 0.25) is 5.02 Å². The molecule has 5 nitrogen and oxygen atoms in total. The lowest BCUT2D eigenvalue weighted by Crippen LogP contribution is -2.32. The largest absolute Gasteiger partial charge is 0.493 e. The van der Waals surface area contributed by atoms with Crippen LogP contribution in [0.1, 0.15) is 34.1 Å². The van der Waals surface area contributed by atoms with E-state index in [2.05, 4.69) is 10.5 Å². The van der Waals surface area contributed by atoms with Crippen molar-refractivity contribution in [3.05, 3.63) is 70.4 Å². The molecule has 1 aromatic heterocycles. The molecule has 4 rings (SSSR count). The zero-order chi connectivity index (χ0) is 18.1. The molecular weight excluding hydrogens is 352 g/mol. The van der Waals surface area contributed by atoms with Crippen molar-refractivity contribution in [2.75, 3.05) is 6.61 Å². The molecule has 0 aliphatic carbocycles. The summed E-state index contributed by atoms with van der Waals surface area (Å²) in [5.74, 6) is 1.02. The molecular formula is C20H17ClN2O3. The summed E-state index contributed by atoms with van der Waals surface area (Å²) in [5.41, 5.74) is 2.50. The summed E-state index contributed by atoms with van der Waals surface area (Å²) in [6.45, 7) is 2.28. The van der Waals surface area contributed by atoms with Crippen LogP contribution in [0.4, 0.5) is 0 Å². The van der Waals surface area contributed by atoms with Gasteiger partial charge >= 0.3 is 0 Å². The summed E-state index contributed by atoms with van der Waals surface area (Å²) in [5, 5.41) is 7.67. The number of para-hydroxylation sites is 1. The van der Waals surface area contributed by atoms with Crippen molar-refractivity contribution in [3.8, 4) is 17.0 Å². The minimum Gasteiger partial charge on any atom is -0.493 e. The highest BCUT2D eigenvalue weighted by molar-refractivity contribution is 6.33. The number of benzene rings is 2. The molecule has 0 bridgehead atoms. The Morgan fingerprint density at radius 3 is 2.81 bits per heavy atom. The molecule has 3 aromatic rings. The summed E-state index contributed by atoms with van der Waals surface area (Å²) >= 11 is 6.27. The van der Waals surface area contributed by atoms with Gasteiger partial charge in [0, 0.05) is 17.5 Å². The van der Waals surface area contributed by atoms with E-state index < -0.39 is 0 Å². The minimum atomic E-state index is -0.236. The monoisotopic (exact) mass is 368 g/mol. The van der Waals surface area contributed by atoms with Gasteiger partial charge in [0.25, 0.3) is 5.91 Å². The molecule has 132 valence electrons. The Kier molecular flexibility index (Phi) is 4.39. The fourth-order valence-electron chi connectivity index (χ4n) is 3.20. The number of ether oxygens (including phenoxy) is 1. The van der Waals surface area contributed by atoms with Crippen molar-refractivity contribution in [2.45, 2.75) is 19.4 Å². The van der Waals surface area contributed by atoms with Gasteiger partial charge in [0.15, 0.2) is 0 Å². The third-order valence-electron chi connectivity index (χ3n) is 4.48. The zero-order valence-corrected chi connectivity index (χ0v) is 14.9. The van der Waals surface area contributed by atoms with Crippen LogP contribution in [-0.2, 0) is 0 Å². The van der Waals surface area contributed by atoms with E-state index in [1.54, 1.807) is 13.0 Å². The van der Waals surface area contributed by atoms with Crippen molar-refractivity contribution in [1.29, 1.82) is 0 Å². The van der Waals surface area contributed by atoms with Gasteiger partial charge in [-0.15, -0.1) is 0 Å². The average Bonchev–Trinajstić information content (AvgIpc) is 3.04. The van der Waals surface area contributed by atoms with Crippen LogP contribution < -0.4 is 10.1 Å². The number of carbonyl (C=O) groups is 1. The molecule has 1 aliphatic heterocycles. The van der Waals surface area contributed by atoms with E-state index in [-0.39, 0.29) is 11.9 Å². The predicted molar refractivity (Wildman–Crippen MR) is 98.4 cm³/mol. The molecule has 2 heterocycles. The van der Waals surface area contributed by atoms with E-state index in [9.17, 15) is 4.79 Å². The lowest BCUT2D eigenvalue weighted by atomic mass is 9.99. The number of nitrogens with one attached hydrogen (secondary N) is 1. The highest BCUT2D eigenvalue weighted by atomic mass is 35.5. The Morgan fingerprint density at radius 1 is 1.19 bits per heavy atom. The van der Waals surface area contributed by atoms with Gasteiger partial charge in [-0.3, -0.25) is 4.79 Å². The van der Waals surface area contributed by atoms with E-state index in [0.717, 1.165) is 11.3 Å². The Morgan fingerprint density at radius 2 is 1.96 bits per heavy atom. The van der Waals surface area contributed by atoms with Gasteiger partial charge < -0.3 is 14.6 Å². The molecule has 1 aliphatic rings. The molecule has 0 radical (unpaired) electrons. The number of hydrogen-bond acceptors (Lipinski definition) is 4. The molecule has 1 unspecified atom stereocenters. The third kappa shape index (κ3) is 2.95. The molecule has 1 atom stereocenters. The maximum atomic E-state index is 13.0. The van der Waals surface area contributed by atoms with Crippen LogP contribution >= 0.6 is 11.6 Å². The summed E-state index contributed by atoms with van der Waals surface area (Å²) in [4.78, 5) is 13.0. The molecule has 26 heavy (non-hydrogen) atoms. The minimum absolute atomic E-state index is 0.124. The third-order valence-corrected chi connectivity index (χ3v) is 4.81. The maximum absolute atomic E-state index is 13.0. The van der Waals surface area contributed by atoms with Crippen molar-refractivity contribution in [2.24, 2.45) is 0 Å². The van der Waals surface area contributed by atoms with E-state index >= 15 is 0 Å². The Hall–Kier alpha value is -2.79. The van der Waals surface area contributed by atoms with Crippen LogP contribution in [0.25, 0.3) is 11.3 Å². The first kappa shape index (κ1) is 16.7. The fraction of sp³-hybridized carbons (Fsp3) is 0.200. The molecule has 0 spiro atoms. The summed E-state index contributed by atoms with van der Waals surface area (Å²) in [7, 11) is 0. The second-order valence-electron chi connectivity index (χ2n) is 6.14. The second kappa shape index (κ2) is 6.84. The number of aryl methyl sites for hydroxylation is 1. The van der Waals surface area contributed by atoms with Gasteiger partial charge in [0.05, 0.1) is 17.7 Å². The standard InChI is InChI=1S/C20H17ClN2O3/c1-12-18(19(23-26-12)13-6-2-4-8-15(13)21)20(24)22-16-10-11-25-17-9-5-3-7-14(16)17/h2-9,16H,10-11H2,1H3,(H,22,24). The van der Waals surface area contributed by atoms with Crippen LogP contribution in [0.5, 0.6) is 5.75 Å². The fourth-order valence-corrected chi connectivity index (χ4v) is 3.42. The Balaban J connectivity index is 1.67. The Labute approximate surface area is 155 Å². The molecule has 2 aromatic carbocycles. The quantitative estimate of drug-likeness (QED) is 0.736. The molecule has 6 heteroatoms. The first-order valence-corrected chi connectivity index (χ1v) is 8.76. The normalized spacial score (nSPS) is 15.8. The number of fused-ring (bicyclic) bond motifs is 1. The predicted octanol–water partition coefficient (Wildman–Crippen LogP) is 4.56. The van der Waals surface area contributed by atoms with Gasteiger partial charge in [-0.1, -0.05) is 53.2 Å². The average molecular weight is 369 g/mol. The van der Waals surface area contributed by atoms with Gasteiger partial charge in [0.2, 0.25) is 0 Å².